The van der Waals surface area contributed by atoms with Gasteiger partial charge in [-0.1, -0.05) is 29.8 Å². The molecule has 0 aromatic heterocycles. The van der Waals surface area contributed by atoms with Crippen molar-refractivity contribution in [2.75, 3.05) is 22.6 Å². The largest absolute Gasteiger partial charge is 0.465 e. The molecule has 0 atom stereocenters. The molecule has 182 valence electrons. The monoisotopic (exact) mass is 503 g/mol. The predicted octanol–water partition coefficient (Wildman–Crippen LogP) is 4.78. The van der Waals surface area contributed by atoms with Crippen LogP contribution in [-0.4, -0.2) is 30.8 Å². The van der Waals surface area contributed by atoms with Gasteiger partial charge in [-0.2, -0.15) is 0 Å². The molecule has 0 radical (unpaired) electrons. The van der Waals surface area contributed by atoms with E-state index in [0.717, 1.165) is 16.0 Å². The molecule has 0 saturated heterocycles. The summed E-state index contributed by atoms with van der Waals surface area (Å²) in [6.07, 6.45) is 0. The van der Waals surface area contributed by atoms with Crippen molar-refractivity contribution in [2.24, 2.45) is 0 Å². The van der Waals surface area contributed by atoms with E-state index in [1.54, 1.807) is 48.5 Å². The Kier molecular flexibility index (Phi) is 6.89. The number of hydrogen-bond donors (Lipinski definition) is 2. The normalized spacial score (nSPS) is 13.2. The lowest BCUT2D eigenvalue weighted by Gasteiger charge is -2.16. The summed E-state index contributed by atoms with van der Waals surface area (Å²) < 4.78 is 4.70. The van der Waals surface area contributed by atoms with Crippen LogP contribution in [0.15, 0.2) is 77.5 Å². The molecule has 36 heavy (non-hydrogen) atoms. The van der Waals surface area contributed by atoms with E-state index in [2.05, 4.69) is 10.6 Å². The molecular formula is C27H22ClN3O5. The van der Waals surface area contributed by atoms with E-state index in [0.29, 0.717) is 22.6 Å². The second kappa shape index (κ2) is 10.1. The minimum atomic E-state index is -0.633. The van der Waals surface area contributed by atoms with Crippen LogP contribution in [-0.2, 0) is 14.3 Å². The molecular weight excluding hydrogens is 482 g/mol. The lowest BCUT2D eigenvalue weighted by atomic mass is 10.1. The van der Waals surface area contributed by atoms with Crippen LogP contribution in [0, 0.1) is 13.8 Å². The van der Waals surface area contributed by atoms with E-state index < -0.39 is 23.7 Å². The van der Waals surface area contributed by atoms with E-state index in [1.165, 1.54) is 19.2 Å². The van der Waals surface area contributed by atoms with Crippen molar-refractivity contribution in [3.05, 3.63) is 99.7 Å². The predicted molar refractivity (Wildman–Crippen MR) is 137 cm³/mol. The molecule has 3 aromatic carbocycles. The number of esters is 1. The third-order valence-corrected chi connectivity index (χ3v) is 6.06. The van der Waals surface area contributed by atoms with Crippen molar-refractivity contribution in [2.45, 2.75) is 13.8 Å². The molecule has 2 N–H and O–H groups in total. The maximum absolute atomic E-state index is 13.1. The first kappa shape index (κ1) is 24.7. The number of aryl methyl sites for hydroxylation is 2. The average molecular weight is 504 g/mol. The minimum Gasteiger partial charge on any atom is -0.465 e. The van der Waals surface area contributed by atoms with Gasteiger partial charge in [0.15, 0.2) is 0 Å². The lowest BCUT2D eigenvalue weighted by Crippen LogP contribution is -2.32. The van der Waals surface area contributed by atoms with Gasteiger partial charge in [-0.25, -0.2) is 9.69 Å². The Bertz CT molecular complexity index is 1450. The Balaban J connectivity index is 1.53. The van der Waals surface area contributed by atoms with Gasteiger partial charge >= 0.3 is 5.97 Å². The summed E-state index contributed by atoms with van der Waals surface area (Å²) in [6.45, 7) is 3.82. The van der Waals surface area contributed by atoms with Gasteiger partial charge < -0.3 is 15.4 Å². The first-order valence-corrected chi connectivity index (χ1v) is 11.3. The number of hydrogen-bond acceptors (Lipinski definition) is 6. The molecule has 3 amide bonds. The average Bonchev–Trinajstić information content (AvgIpc) is 3.08. The second-order valence-electron chi connectivity index (χ2n) is 8.14. The van der Waals surface area contributed by atoms with Gasteiger partial charge in [0, 0.05) is 16.9 Å². The Hall–Kier alpha value is -4.43. The fraction of sp³-hybridized carbons (Fsp3) is 0.111. The fourth-order valence-electron chi connectivity index (χ4n) is 3.64. The van der Waals surface area contributed by atoms with E-state index in [9.17, 15) is 19.2 Å². The van der Waals surface area contributed by atoms with Crippen molar-refractivity contribution in [3.63, 3.8) is 0 Å². The van der Waals surface area contributed by atoms with Crippen molar-refractivity contribution >= 4 is 52.4 Å². The summed E-state index contributed by atoms with van der Waals surface area (Å²) in [5.41, 5.74) is 3.68. The van der Waals surface area contributed by atoms with Crippen LogP contribution in [0.5, 0.6) is 0 Å². The molecule has 0 spiro atoms. The number of benzene rings is 3. The Morgan fingerprint density at radius 2 is 1.50 bits per heavy atom. The number of imide groups is 1. The van der Waals surface area contributed by atoms with Crippen LogP contribution in [0.3, 0.4) is 0 Å². The van der Waals surface area contributed by atoms with E-state index in [-0.39, 0.29) is 16.3 Å². The van der Waals surface area contributed by atoms with Crippen LogP contribution >= 0.6 is 11.6 Å². The van der Waals surface area contributed by atoms with Gasteiger partial charge in [-0.3, -0.25) is 14.4 Å². The number of ether oxygens (including phenoxy) is 1. The zero-order valence-electron chi connectivity index (χ0n) is 19.7. The third-order valence-electron chi connectivity index (χ3n) is 5.71. The molecule has 0 bridgehead atoms. The Morgan fingerprint density at radius 1 is 0.833 bits per heavy atom. The maximum atomic E-state index is 13.1. The zero-order valence-corrected chi connectivity index (χ0v) is 20.5. The highest BCUT2D eigenvalue weighted by Crippen LogP contribution is 2.31. The van der Waals surface area contributed by atoms with Crippen LogP contribution in [0.1, 0.15) is 31.8 Å². The molecule has 0 saturated carbocycles. The van der Waals surface area contributed by atoms with Gasteiger partial charge in [0.1, 0.15) is 10.7 Å². The van der Waals surface area contributed by atoms with Crippen molar-refractivity contribution in [1.29, 1.82) is 0 Å². The summed E-state index contributed by atoms with van der Waals surface area (Å²) in [5, 5.41) is 5.36. The maximum Gasteiger partial charge on any atom is 0.337 e. The number of nitrogens with one attached hydrogen (secondary N) is 2. The highest BCUT2D eigenvalue weighted by Gasteiger charge is 2.39. The first-order chi connectivity index (χ1) is 17.2. The fourth-order valence-corrected chi connectivity index (χ4v) is 3.85. The van der Waals surface area contributed by atoms with Crippen LogP contribution in [0.2, 0.25) is 0 Å². The number of amides is 3. The Labute approximate surface area is 212 Å². The quantitative estimate of drug-likeness (QED) is 0.370. The molecule has 0 fully saturated rings. The highest BCUT2D eigenvalue weighted by atomic mass is 35.5. The van der Waals surface area contributed by atoms with Gasteiger partial charge in [0.25, 0.3) is 17.7 Å². The number of anilines is 3. The number of carbonyl (C=O) groups is 4. The summed E-state index contributed by atoms with van der Waals surface area (Å²) in [4.78, 5) is 51.4. The molecule has 1 heterocycles. The SMILES string of the molecule is COC(=O)c1cccc(NC(=O)c2cccc(NC3=C(Cl)C(=O)N(c4ccc(C)c(C)c4)C3=O)c2)c1. The molecule has 0 aliphatic carbocycles. The van der Waals surface area contributed by atoms with E-state index in [4.69, 9.17) is 16.3 Å². The minimum absolute atomic E-state index is 0.0803. The summed E-state index contributed by atoms with van der Waals surface area (Å²) in [6, 6.07) is 18.0. The molecule has 8 nitrogen and oxygen atoms in total. The number of nitrogens with zero attached hydrogens (tertiary/aromatic N) is 1. The van der Waals surface area contributed by atoms with Crippen LogP contribution in [0.4, 0.5) is 17.1 Å². The summed E-state index contributed by atoms with van der Waals surface area (Å²) in [7, 11) is 1.28. The first-order valence-electron chi connectivity index (χ1n) is 10.9. The smallest absolute Gasteiger partial charge is 0.337 e. The number of methoxy groups -OCH3 is 1. The van der Waals surface area contributed by atoms with Gasteiger partial charge in [-0.15, -0.1) is 0 Å². The second-order valence-corrected chi connectivity index (χ2v) is 8.51. The standard InChI is InChI=1S/C27H22ClN3O5/c1-15-10-11-21(12-16(15)2)31-25(33)22(28)23(26(31)34)29-19-8-4-6-17(13-19)24(32)30-20-9-5-7-18(14-20)27(35)36-3/h4-14,29H,1-3H3,(H,30,32). The number of halogens is 1. The molecule has 3 aromatic rings. The summed E-state index contributed by atoms with van der Waals surface area (Å²) >= 11 is 6.24. The van der Waals surface area contributed by atoms with E-state index >= 15 is 0 Å². The molecule has 9 heteroatoms. The lowest BCUT2D eigenvalue weighted by molar-refractivity contribution is -0.120. The molecule has 1 aliphatic rings. The third kappa shape index (κ3) is 4.85. The van der Waals surface area contributed by atoms with Crippen molar-refractivity contribution < 1.29 is 23.9 Å². The molecule has 0 unspecified atom stereocenters. The summed E-state index contributed by atoms with van der Waals surface area (Å²) in [5.74, 6) is -2.19. The van der Waals surface area contributed by atoms with Crippen molar-refractivity contribution in [3.8, 4) is 0 Å². The highest BCUT2D eigenvalue weighted by molar-refractivity contribution is 6.53. The van der Waals surface area contributed by atoms with Crippen LogP contribution < -0.4 is 15.5 Å². The van der Waals surface area contributed by atoms with Gasteiger partial charge in [-0.05, 0) is 73.5 Å². The van der Waals surface area contributed by atoms with Crippen LogP contribution in [0.25, 0.3) is 0 Å². The number of carbonyl (C=O) groups excluding carboxylic acids is 4. The zero-order chi connectivity index (χ0) is 26.0. The van der Waals surface area contributed by atoms with Gasteiger partial charge in [0.2, 0.25) is 0 Å². The molecule has 1 aliphatic heterocycles. The van der Waals surface area contributed by atoms with E-state index in [1.807, 2.05) is 19.9 Å². The van der Waals surface area contributed by atoms with Crippen molar-refractivity contribution in [1.82, 2.24) is 0 Å². The van der Waals surface area contributed by atoms with Gasteiger partial charge in [0.05, 0.1) is 18.4 Å². The Morgan fingerprint density at radius 3 is 2.19 bits per heavy atom. The topological polar surface area (TPSA) is 105 Å². The number of rotatable bonds is 6. The molecule has 4 rings (SSSR count).